The van der Waals surface area contributed by atoms with Gasteiger partial charge in [0, 0.05) is 12.3 Å². The standard InChI is InChI=1S/C38H61NO12/c1-17-7-12-38(46-16-17)18(2)26-24(51-38)14-23-21-6-5-19-13-20(8-10-36(19,3)22(21)9-11-37(23,26)4)47-35-32(29(43)27(41)25(15-40)48-35)49-34-31(45)28(42)30(44)33(39)50-34/h5,17-18,20-35,40-45H,6-16,39H2,1-4H3/t17-,18+,20+,21-,22+,23+,24+,25?,26+,27-,28?,29?,30-,31?,32?,33?,34-,35-,36+,37+,38-/m1/s1. The smallest absolute Gasteiger partial charge is 0.188 e. The molecule has 21 atom stereocenters. The highest BCUT2D eigenvalue weighted by Crippen LogP contribution is 2.70. The zero-order valence-electron chi connectivity index (χ0n) is 30.5. The van der Waals surface area contributed by atoms with Crippen molar-refractivity contribution in [1.82, 2.24) is 0 Å². The summed E-state index contributed by atoms with van der Waals surface area (Å²) in [6.45, 7) is 9.88. The first kappa shape index (κ1) is 37.2. The van der Waals surface area contributed by atoms with Crippen molar-refractivity contribution in [2.24, 2.45) is 52.1 Å². The molecule has 7 fully saturated rings. The third-order valence-electron chi connectivity index (χ3n) is 15.4. The number of nitrogens with two attached hydrogens (primary N) is 1. The topological polar surface area (TPSA) is 203 Å². The maximum atomic E-state index is 11.1. The number of aliphatic hydroxyl groups is 6. The molecule has 6 unspecified atom stereocenters. The van der Waals surface area contributed by atoms with E-state index in [1.807, 2.05) is 0 Å². The van der Waals surface area contributed by atoms with E-state index in [9.17, 15) is 30.6 Å². The van der Waals surface area contributed by atoms with Gasteiger partial charge < -0.3 is 64.8 Å². The second-order valence-corrected chi connectivity index (χ2v) is 18.0. The summed E-state index contributed by atoms with van der Waals surface area (Å²) in [5, 5.41) is 62.6. The van der Waals surface area contributed by atoms with Gasteiger partial charge in [0.2, 0.25) is 0 Å². The summed E-state index contributed by atoms with van der Waals surface area (Å²) >= 11 is 0. The quantitative estimate of drug-likeness (QED) is 0.200. The number of ether oxygens (including phenoxy) is 6. The highest BCUT2D eigenvalue weighted by atomic mass is 16.8. The summed E-state index contributed by atoms with van der Waals surface area (Å²) in [7, 11) is 0. The van der Waals surface area contributed by atoms with Gasteiger partial charge in [0.15, 0.2) is 18.4 Å². The van der Waals surface area contributed by atoms with Crippen molar-refractivity contribution in [3.05, 3.63) is 11.6 Å². The molecule has 51 heavy (non-hydrogen) atoms. The SMILES string of the molecule is C[C@@H]1CC[C@@]2(OC1)O[C@H]1C[C@H]3[C@@H]4CC=C5C[C@@H](O[C@@H]6OC(CO)[C@@H](O)C(O)C6O[C@@H]6OC(N)[C@H](O)C(O)C6O)CC[C@]5(C)[C@H]4CC[C@]3(C)[C@H]1[C@@H]2C. The summed E-state index contributed by atoms with van der Waals surface area (Å²) in [4.78, 5) is 0. The van der Waals surface area contributed by atoms with Crippen molar-refractivity contribution in [2.45, 2.75) is 165 Å². The van der Waals surface area contributed by atoms with Gasteiger partial charge in [0.1, 0.15) is 49.0 Å². The fourth-order valence-corrected chi connectivity index (χ4v) is 12.4. The van der Waals surface area contributed by atoms with Gasteiger partial charge in [-0.05, 0) is 91.8 Å². The van der Waals surface area contributed by atoms with E-state index < -0.39 is 73.9 Å². The molecular formula is C38H61NO12. The van der Waals surface area contributed by atoms with E-state index in [4.69, 9.17) is 34.2 Å². The Morgan fingerprint density at radius 3 is 2.37 bits per heavy atom. The van der Waals surface area contributed by atoms with Crippen LogP contribution in [0.3, 0.4) is 0 Å². The van der Waals surface area contributed by atoms with E-state index in [1.165, 1.54) is 18.4 Å². The Kier molecular flexibility index (Phi) is 9.80. The van der Waals surface area contributed by atoms with Crippen LogP contribution in [0.25, 0.3) is 0 Å². The monoisotopic (exact) mass is 723 g/mol. The molecule has 290 valence electrons. The lowest BCUT2D eigenvalue weighted by Gasteiger charge is -2.58. The van der Waals surface area contributed by atoms with Gasteiger partial charge in [-0.15, -0.1) is 0 Å². The molecule has 0 aromatic rings. The van der Waals surface area contributed by atoms with Gasteiger partial charge in [-0.3, -0.25) is 0 Å². The van der Waals surface area contributed by atoms with Gasteiger partial charge in [-0.2, -0.15) is 0 Å². The van der Waals surface area contributed by atoms with Gasteiger partial charge in [-0.25, -0.2) is 0 Å². The third kappa shape index (κ3) is 5.83. The summed E-state index contributed by atoms with van der Waals surface area (Å²) < 4.78 is 37.2. The van der Waals surface area contributed by atoms with Crippen molar-refractivity contribution < 1.29 is 59.1 Å². The maximum absolute atomic E-state index is 11.1. The summed E-state index contributed by atoms with van der Waals surface area (Å²) in [5.74, 6) is 2.87. The normalized spacial score (nSPS) is 58.4. The molecular weight excluding hydrogens is 662 g/mol. The summed E-state index contributed by atoms with van der Waals surface area (Å²) in [6.07, 6.45) is -3.08. The molecule has 4 heterocycles. The molecule has 0 radical (unpaired) electrons. The van der Waals surface area contributed by atoms with E-state index in [2.05, 4.69) is 33.8 Å². The zero-order chi connectivity index (χ0) is 36.2. The fraction of sp³-hybridized carbons (Fsp3) is 0.947. The number of aliphatic hydroxyl groups excluding tert-OH is 6. The second kappa shape index (κ2) is 13.5. The lowest BCUT2D eigenvalue weighted by Crippen LogP contribution is -2.65. The van der Waals surface area contributed by atoms with Crippen molar-refractivity contribution in [3.8, 4) is 0 Å². The molecule has 1 spiro atoms. The second-order valence-electron chi connectivity index (χ2n) is 18.0. The number of rotatable bonds is 5. The highest BCUT2D eigenvalue weighted by molar-refractivity contribution is 5.26. The molecule has 8 rings (SSSR count). The number of allylic oxidation sites excluding steroid dienone is 1. The first-order valence-electron chi connectivity index (χ1n) is 19.6. The van der Waals surface area contributed by atoms with E-state index >= 15 is 0 Å². The minimum Gasteiger partial charge on any atom is -0.394 e. The van der Waals surface area contributed by atoms with Crippen LogP contribution in [-0.2, 0) is 28.4 Å². The van der Waals surface area contributed by atoms with Gasteiger partial charge in [-0.1, -0.05) is 39.3 Å². The van der Waals surface area contributed by atoms with Crippen molar-refractivity contribution in [1.29, 1.82) is 0 Å². The Balaban J connectivity index is 0.964. The Morgan fingerprint density at radius 2 is 1.65 bits per heavy atom. The average Bonchev–Trinajstić information content (AvgIpc) is 3.56. The highest BCUT2D eigenvalue weighted by Gasteiger charge is 2.68. The molecule has 8 N–H and O–H groups in total. The van der Waals surface area contributed by atoms with E-state index in [0.717, 1.165) is 45.1 Å². The van der Waals surface area contributed by atoms with Crippen LogP contribution in [0.5, 0.6) is 0 Å². The van der Waals surface area contributed by atoms with Crippen LogP contribution in [0.1, 0.15) is 85.5 Å². The largest absolute Gasteiger partial charge is 0.394 e. The Morgan fingerprint density at radius 1 is 0.863 bits per heavy atom. The molecule has 13 nitrogen and oxygen atoms in total. The number of fused-ring (bicyclic) bond motifs is 7. The minimum atomic E-state index is -1.69. The predicted molar refractivity (Wildman–Crippen MR) is 180 cm³/mol. The average molecular weight is 724 g/mol. The maximum Gasteiger partial charge on any atom is 0.188 e. The van der Waals surface area contributed by atoms with E-state index in [-0.39, 0.29) is 23.0 Å². The minimum absolute atomic E-state index is 0.0396. The van der Waals surface area contributed by atoms with Crippen molar-refractivity contribution in [3.63, 3.8) is 0 Å². The van der Waals surface area contributed by atoms with Crippen molar-refractivity contribution in [2.75, 3.05) is 13.2 Å². The van der Waals surface area contributed by atoms with Gasteiger partial charge in [0.25, 0.3) is 0 Å². The van der Waals surface area contributed by atoms with Crippen molar-refractivity contribution >= 4 is 0 Å². The lowest BCUT2D eigenvalue weighted by atomic mass is 9.47. The van der Waals surface area contributed by atoms with Crippen LogP contribution in [0.15, 0.2) is 11.6 Å². The Hall–Kier alpha value is -0.780. The molecule has 0 bridgehead atoms. The van der Waals surface area contributed by atoms with Crippen LogP contribution in [0.4, 0.5) is 0 Å². The summed E-state index contributed by atoms with van der Waals surface area (Å²) in [6, 6.07) is 0. The zero-order valence-corrected chi connectivity index (χ0v) is 30.5. The van der Waals surface area contributed by atoms with Crippen LogP contribution in [0.2, 0.25) is 0 Å². The lowest BCUT2D eigenvalue weighted by molar-refractivity contribution is -0.370. The van der Waals surface area contributed by atoms with E-state index in [0.29, 0.717) is 41.9 Å². The molecule has 4 aliphatic heterocycles. The number of hydrogen-bond acceptors (Lipinski definition) is 13. The molecule has 0 amide bonds. The summed E-state index contributed by atoms with van der Waals surface area (Å²) in [5.41, 5.74) is 7.45. The molecule has 4 saturated heterocycles. The Labute approximate surface area is 300 Å². The van der Waals surface area contributed by atoms with Gasteiger partial charge in [0.05, 0.1) is 25.4 Å². The fourth-order valence-electron chi connectivity index (χ4n) is 12.4. The molecule has 0 aromatic carbocycles. The van der Waals surface area contributed by atoms with Gasteiger partial charge >= 0.3 is 0 Å². The number of hydrogen-bond donors (Lipinski definition) is 7. The molecule has 3 saturated carbocycles. The first-order valence-corrected chi connectivity index (χ1v) is 19.6. The van der Waals surface area contributed by atoms with Crippen LogP contribution in [0, 0.1) is 46.3 Å². The van der Waals surface area contributed by atoms with E-state index in [1.54, 1.807) is 0 Å². The molecule has 0 aromatic heterocycles. The molecule has 8 aliphatic rings. The predicted octanol–water partition coefficient (Wildman–Crippen LogP) is 1.29. The molecule has 4 aliphatic carbocycles. The Bertz CT molecular complexity index is 1310. The third-order valence-corrected chi connectivity index (χ3v) is 15.4. The first-order chi connectivity index (χ1) is 24.2. The van der Waals surface area contributed by atoms with Crippen LogP contribution in [-0.4, -0.2) is 123 Å². The van der Waals surface area contributed by atoms with Crippen LogP contribution < -0.4 is 5.73 Å². The van der Waals surface area contributed by atoms with Crippen LogP contribution >= 0.6 is 0 Å². The molecule has 13 heteroatoms.